The van der Waals surface area contributed by atoms with E-state index in [2.05, 4.69) is 5.32 Å². The van der Waals surface area contributed by atoms with Crippen LogP contribution in [0.15, 0.2) is 60.7 Å². The SMILES string of the molecule is CCOCN1C(=O)NC(c2ccccc2)(c2ccccc2)C1=O. The lowest BCUT2D eigenvalue weighted by Crippen LogP contribution is -2.45. The van der Waals surface area contributed by atoms with Crippen LogP contribution in [-0.4, -0.2) is 30.2 Å². The number of amides is 3. The highest BCUT2D eigenvalue weighted by atomic mass is 16.5. The van der Waals surface area contributed by atoms with Crippen molar-refractivity contribution >= 4 is 11.9 Å². The third-order valence-electron chi connectivity index (χ3n) is 3.94. The molecule has 0 bridgehead atoms. The molecule has 1 aliphatic heterocycles. The van der Waals surface area contributed by atoms with E-state index in [4.69, 9.17) is 4.74 Å². The molecule has 0 radical (unpaired) electrons. The summed E-state index contributed by atoms with van der Waals surface area (Å²) < 4.78 is 5.27. The molecule has 23 heavy (non-hydrogen) atoms. The summed E-state index contributed by atoms with van der Waals surface area (Å²) in [7, 11) is 0. The molecule has 0 aliphatic carbocycles. The average molecular weight is 310 g/mol. The molecule has 0 aromatic heterocycles. The van der Waals surface area contributed by atoms with Crippen molar-refractivity contribution in [1.82, 2.24) is 10.2 Å². The molecule has 0 saturated carbocycles. The van der Waals surface area contributed by atoms with Crippen molar-refractivity contribution in [3.63, 3.8) is 0 Å². The lowest BCUT2D eigenvalue weighted by atomic mass is 9.83. The van der Waals surface area contributed by atoms with E-state index >= 15 is 0 Å². The Morgan fingerprint density at radius 2 is 1.48 bits per heavy atom. The van der Waals surface area contributed by atoms with Gasteiger partial charge < -0.3 is 10.1 Å². The summed E-state index contributed by atoms with van der Waals surface area (Å²) in [5.74, 6) is -0.326. The van der Waals surface area contributed by atoms with E-state index in [0.717, 1.165) is 16.0 Å². The van der Waals surface area contributed by atoms with Crippen molar-refractivity contribution in [2.45, 2.75) is 12.5 Å². The maximum Gasteiger partial charge on any atom is 0.327 e. The molecule has 3 amide bonds. The van der Waals surface area contributed by atoms with Gasteiger partial charge in [0.25, 0.3) is 5.91 Å². The average Bonchev–Trinajstić information content (AvgIpc) is 2.86. The summed E-state index contributed by atoms with van der Waals surface area (Å²) in [6, 6.07) is 18.1. The highest BCUT2D eigenvalue weighted by Gasteiger charge is 2.53. The van der Waals surface area contributed by atoms with Gasteiger partial charge in [-0.25, -0.2) is 9.69 Å². The number of nitrogens with zero attached hydrogens (tertiary/aromatic N) is 1. The number of benzene rings is 2. The molecule has 118 valence electrons. The van der Waals surface area contributed by atoms with Crippen LogP contribution in [0.4, 0.5) is 4.79 Å². The van der Waals surface area contributed by atoms with Crippen LogP contribution in [-0.2, 0) is 15.1 Å². The Kier molecular flexibility index (Phi) is 4.12. The number of rotatable bonds is 5. The van der Waals surface area contributed by atoms with Crippen molar-refractivity contribution in [3.05, 3.63) is 71.8 Å². The quantitative estimate of drug-likeness (QED) is 0.863. The monoisotopic (exact) mass is 310 g/mol. The zero-order chi connectivity index (χ0) is 16.3. The van der Waals surface area contributed by atoms with Crippen LogP contribution in [0.25, 0.3) is 0 Å². The van der Waals surface area contributed by atoms with Gasteiger partial charge in [-0.15, -0.1) is 0 Å². The smallest absolute Gasteiger partial charge is 0.327 e. The Morgan fingerprint density at radius 3 is 1.96 bits per heavy atom. The summed E-state index contributed by atoms with van der Waals surface area (Å²) in [6.07, 6.45) is 0. The van der Waals surface area contributed by atoms with Crippen molar-refractivity contribution in [3.8, 4) is 0 Å². The molecule has 0 spiro atoms. The van der Waals surface area contributed by atoms with Crippen LogP contribution in [0, 0.1) is 0 Å². The van der Waals surface area contributed by atoms with Gasteiger partial charge in [0, 0.05) is 6.61 Å². The molecule has 1 N–H and O–H groups in total. The van der Waals surface area contributed by atoms with Crippen LogP contribution in [0.5, 0.6) is 0 Å². The number of urea groups is 1. The first-order chi connectivity index (χ1) is 11.2. The predicted molar refractivity (Wildman–Crippen MR) is 85.5 cm³/mol. The maximum absolute atomic E-state index is 13.1. The van der Waals surface area contributed by atoms with Gasteiger partial charge in [-0.1, -0.05) is 60.7 Å². The maximum atomic E-state index is 13.1. The minimum absolute atomic E-state index is 0.0530. The standard InChI is InChI=1S/C18H18N2O3/c1-2-23-13-20-16(21)18(19-17(20)22,14-9-5-3-6-10-14)15-11-7-4-8-12-15/h3-12H,2,13H2,1H3,(H,19,22). The molecule has 5 nitrogen and oxygen atoms in total. The number of carbonyl (C=O) groups is 2. The molecule has 3 rings (SSSR count). The molecule has 1 aliphatic rings. The summed E-state index contributed by atoms with van der Waals surface area (Å²) in [6.45, 7) is 2.20. The van der Waals surface area contributed by atoms with Gasteiger partial charge in [-0.2, -0.15) is 0 Å². The van der Waals surface area contributed by atoms with Gasteiger partial charge in [0.05, 0.1) is 0 Å². The van der Waals surface area contributed by atoms with E-state index in [1.807, 2.05) is 67.6 Å². The number of hydrogen-bond donors (Lipinski definition) is 1. The summed E-state index contributed by atoms with van der Waals surface area (Å²) in [5, 5.41) is 2.87. The van der Waals surface area contributed by atoms with E-state index in [0.29, 0.717) is 6.61 Å². The number of hydrogen-bond acceptors (Lipinski definition) is 3. The van der Waals surface area contributed by atoms with Crippen LogP contribution in [0.2, 0.25) is 0 Å². The largest absolute Gasteiger partial charge is 0.361 e. The Hall–Kier alpha value is -2.66. The molecule has 0 atom stereocenters. The molecule has 1 fully saturated rings. The van der Waals surface area contributed by atoms with Crippen molar-refractivity contribution < 1.29 is 14.3 Å². The Labute approximate surface area is 134 Å². The van der Waals surface area contributed by atoms with Gasteiger partial charge in [0.1, 0.15) is 6.73 Å². The van der Waals surface area contributed by atoms with E-state index in [1.165, 1.54) is 0 Å². The highest BCUT2D eigenvalue weighted by Crippen LogP contribution is 2.35. The van der Waals surface area contributed by atoms with Crippen molar-refractivity contribution in [2.24, 2.45) is 0 Å². The first-order valence-electron chi connectivity index (χ1n) is 7.53. The van der Waals surface area contributed by atoms with Crippen molar-refractivity contribution in [1.29, 1.82) is 0 Å². The van der Waals surface area contributed by atoms with E-state index < -0.39 is 11.6 Å². The zero-order valence-corrected chi connectivity index (χ0v) is 12.9. The first kappa shape index (κ1) is 15.2. The fraction of sp³-hybridized carbons (Fsp3) is 0.222. The first-order valence-corrected chi connectivity index (χ1v) is 7.53. The van der Waals surface area contributed by atoms with Crippen LogP contribution < -0.4 is 5.32 Å². The molecule has 2 aromatic carbocycles. The topological polar surface area (TPSA) is 58.6 Å². The molecule has 0 unspecified atom stereocenters. The number of carbonyl (C=O) groups excluding carboxylic acids is 2. The fourth-order valence-corrected chi connectivity index (χ4v) is 2.81. The molecule has 1 heterocycles. The lowest BCUT2D eigenvalue weighted by molar-refractivity contribution is -0.133. The van der Waals surface area contributed by atoms with E-state index in [9.17, 15) is 9.59 Å². The van der Waals surface area contributed by atoms with Crippen molar-refractivity contribution in [2.75, 3.05) is 13.3 Å². The molecular weight excluding hydrogens is 292 g/mol. The second-order valence-electron chi connectivity index (χ2n) is 5.27. The van der Waals surface area contributed by atoms with Crippen LogP contribution in [0.1, 0.15) is 18.1 Å². The number of nitrogens with one attached hydrogen (secondary N) is 1. The Bertz CT molecular complexity index is 661. The minimum Gasteiger partial charge on any atom is -0.361 e. The molecule has 1 saturated heterocycles. The number of imide groups is 1. The van der Waals surface area contributed by atoms with Gasteiger partial charge in [-0.3, -0.25) is 4.79 Å². The van der Waals surface area contributed by atoms with E-state index in [1.54, 1.807) is 0 Å². The third-order valence-corrected chi connectivity index (χ3v) is 3.94. The van der Waals surface area contributed by atoms with Gasteiger partial charge >= 0.3 is 6.03 Å². The van der Waals surface area contributed by atoms with E-state index in [-0.39, 0.29) is 12.6 Å². The predicted octanol–water partition coefficient (Wildman–Crippen LogP) is 2.48. The third kappa shape index (κ3) is 2.49. The summed E-state index contributed by atoms with van der Waals surface area (Å²) in [5.41, 5.74) is 0.239. The second kappa shape index (κ2) is 6.22. The van der Waals surface area contributed by atoms with Gasteiger partial charge in [0.2, 0.25) is 0 Å². The zero-order valence-electron chi connectivity index (χ0n) is 12.9. The molecule has 2 aromatic rings. The van der Waals surface area contributed by atoms with Crippen LogP contribution >= 0.6 is 0 Å². The minimum atomic E-state index is -1.21. The second-order valence-corrected chi connectivity index (χ2v) is 5.27. The van der Waals surface area contributed by atoms with Gasteiger partial charge in [0.15, 0.2) is 5.54 Å². The molecular formula is C18H18N2O3. The highest BCUT2D eigenvalue weighted by molar-refractivity contribution is 6.09. The number of ether oxygens (including phenoxy) is 1. The summed E-state index contributed by atoms with van der Waals surface area (Å²) >= 11 is 0. The van der Waals surface area contributed by atoms with Gasteiger partial charge in [-0.05, 0) is 18.1 Å². The Morgan fingerprint density at radius 1 is 0.957 bits per heavy atom. The molecule has 5 heteroatoms. The lowest BCUT2D eigenvalue weighted by Gasteiger charge is -2.27. The van der Waals surface area contributed by atoms with Crippen LogP contribution in [0.3, 0.4) is 0 Å². The fourth-order valence-electron chi connectivity index (χ4n) is 2.81. The summed E-state index contributed by atoms with van der Waals surface area (Å²) in [4.78, 5) is 26.6. The normalized spacial score (nSPS) is 16.5. The Balaban J connectivity index is 2.12.